The number of hydrogen-bond donors (Lipinski definition) is 2. The number of benzene rings is 1. The largest absolute Gasteiger partial charge is 0.322 e. The van der Waals surface area contributed by atoms with Crippen LogP contribution in [0.4, 0.5) is 5.69 Å². The van der Waals surface area contributed by atoms with Gasteiger partial charge in [0.05, 0.1) is 28.8 Å². The van der Waals surface area contributed by atoms with Crippen molar-refractivity contribution in [3.63, 3.8) is 0 Å². The van der Waals surface area contributed by atoms with Crippen molar-refractivity contribution in [3.8, 4) is 12.3 Å². The third-order valence-electron chi connectivity index (χ3n) is 1.78. The Balaban J connectivity index is 2.69. The Kier molecular flexibility index (Phi) is 5.60. The fourth-order valence-corrected chi connectivity index (χ4v) is 2.00. The molecular formula is C11H9Cl3N2O. The van der Waals surface area contributed by atoms with Crippen LogP contribution in [0.1, 0.15) is 0 Å². The fourth-order valence-electron chi connectivity index (χ4n) is 1.09. The number of anilines is 1. The van der Waals surface area contributed by atoms with Gasteiger partial charge in [0.2, 0.25) is 5.91 Å². The quantitative estimate of drug-likeness (QED) is 0.661. The van der Waals surface area contributed by atoms with Gasteiger partial charge in [0.1, 0.15) is 0 Å². The van der Waals surface area contributed by atoms with Crippen LogP contribution in [0.25, 0.3) is 0 Å². The van der Waals surface area contributed by atoms with E-state index in [0.717, 1.165) is 0 Å². The molecule has 0 unspecified atom stereocenters. The van der Waals surface area contributed by atoms with E-state index in [1.807, 2.05) is 0 Å². The van der Waals surface area contributed by atoms with Gasteiger partial charge in [0.25, 0.3) is 0 Å². The van der Waals surface area contributed by atoms with Crippen LogP contribution in [-0.2, 0) is 4.79 Å². The molecule has 0 saturated carbocycles. The highest BCUT2D eigenvalue weighted by atomic mass is 35.5. The van der Waals surface area contributed by atoms with Crippen LogP contribution in [0.3, 0.4) is 0 Å². The van der Waals surface area contributed by atoms with E-state index >= 15 is 0 Å². The molecule has 0 spiro atoms. The first-order valence-corrected chi connectivity index (χ1v) is 5.76. The molecule has 0 saturated heterocycles. The number of terminal acetylenes is 1. The zero-order valence-electron chi connectivity index (χ0n) is 8.69. The predicted octanol–water partition coefficient (Wildman–Crippen LogP) is 2.81. The van der Waals surface area contributed by atoms with E-state index in [0.29, 0.717) is 17.3 Å². The maximum absolute atomic E-state index is 11.5. The third-order valence-corrected chi connectivity index (χ3v) is 2.60. The van der Waals surface area contributed by atoms with Gasteiger partial charge in [-0.3, -0.25) is 10.1 Å². The molecule has 1 rings (SSSR count). The SMILES string of the molecule is C#CCNCC(=O)Nc1c(Cl)cc(Cl)cc1Cl. The summed E-state index contributed by atoms with van der Waals surface area (Å²) in [5.74, 6) is 2.07. The third kappa shape index (κ3) is 4.45. The zero-order chi connectivity index (χ0) is 12.8. The molecule has 1 aromatic carbocycles. The molecule has 0 aliphatic rings. The Morgan fingerprint density at radius 3 is 2.41 bits per heavy atom. The number of halogens is 3. The maximum atomic E-state index is 11.5. The molecule has 17 heavy (non-hydrogen) atoms. The Morgan fingerprint density at radius 1 is 1.29 bits per heavy atom. The standard InChI is InChI=1S/C11H9Cl3N2O/c1-2-3-15-6-10(17)16-11-8(13)4-7(12)5-9(11)14/h1,4-5,15H,3,6H2,(H,16,17). The van der Waals surface area contributed by atoms with Crippen molar-refractivity contribution < 1.29 is 4.79 Å². The highest BCUT2D eigenvalue weighted by molar-refractivity contribution is 6.42. The molecule has 6 heteroatoms. The second kappa shape index (κ2) is 6.73. The van der Waals surface area contributed by atoms with E-state index in [9.17, 15) is 4.79 Å². The van der Waals surface area contributed by atoms with Crippen molar-refractivity contribution in [3.05, 3.63) is 27.2 Å². The summed E-state index contributed by atoms with van der Waals surface area (Å²) < 4.78 is 0. The minimum Gasteiger partial charge on any atom is -0.322 e. The number of nitrogens with one attached hydrogen (secondary N) is 2. The van der Waals surface area contributed by atoms with Crippen molar-refractivity contribution in [1.29, 1.82) is 0 Å². The van der Waals surface area contributed by atoms with Gasteiger partial charge in [-0.15, -0.1) is 6.42 Å². The van der Waals surface area contributed by atoms with Gasteiger partial charge in [0, 0.05) is 5.02 Å². The molecule has 0 aliphatic heterocycles. The highest BCUT2D eigenvalue weighted by Crippen LogP contribution is 2.33. The topological polar surface area (TPSA) is 41.1 Å². The maximum Gasteiger partial charge on any atom is 0.238 e. The number of rotatable bonds is 4. The van der Waals surface area contributed by atoms with Gasteiger partial charge in [-0.2, -0.15) is 0 Å². The highest BCUT2D eigenvalue weighted by Gasteiger charge is 2.10. The van der Waals surface area contributed by atoms with Crippen LogP contribution in [0, 0.1) is 12.3 Å². The number of hydrogen-bond acceptors (Lipinski definition) is 2. The first kappa shape index (κ1) is 14.1. The fraction of sp³-hybridized carbons (Fsp3) is 0.182. The summed E-state index contributed by atoms with van der Waals surface area (Å²) >= 11 is 17.6. The van der Waals surface area contributed by atoms with Gasteiger partial charge in [-0.1, -0.05) is 40.7 Å². The van der Waals surface area contributed by atoms with E-state index in [1.165, 1.54) is 12.1 Å². The van der Waals surface area contributed by atoms with Gasteiger partial charge < -0.3 is 5.32 Å². The van der Waals surface area contributed by atoms with Crippen molar-refractivity contribution in [2.75, 3.05) is 18.4 Å². The smallest absolute Gasteiger partial charge is 0.238 e. The van der Waals surface area contributed by atoms with Gasteiger partial charge >= 0.3 is 0 Å². The van der Waals surface area contributed by atoms with Crippen molar-refractivity contribution in [2.24, 2.45) is 0 Å². The first-order chi connectivity index (χ1) is 8.04. The van der Waals surface area contributed by atoms with Crippen molar-refractivity contribution >= 4 is 46.4 Å². The predicted molar refractivity (Wildman–Crippen MR) is 71.8 cm³/mol. The first-order valence-electron chi connectivity index (χ1n) is 4.63. The van der Waals surface area contributed by atoms with Crippen LogP contribution in [0.2, 0.25) is 15.1 Å². The van der Waals surface area contributed by atoms with E-state index in [4.69, 9.17) is 41.2 Å². The summed E-state index contributed by atoms with van der Waals surface area (Å²) in [6.07, 6.45) is 5.03. The molecule has 2 N–H and O–H groups in total. The molecule has 1 aromatic rings. The molecule has 3 nitrogen and oxygen atoms in total. The molecule has 1 amide bonds. The average molecular weight is 292 g/mol. The normalized spacial score (nSPS) is 9.76. The molecule has 90 valence electrons. The average Bonchev–Trinajstić information content (AvgIpc) is 2.24. The molecule has 0 heterocycles. The second-order valence-electron chi connectivity index (χ2n) is 3.10. The van der Waals surface area contributed by atoms with Crippen molar-refractivity contribution in [1.82, 2.24) is 5.32 Å². The van der Waals surface area contributed by atoms with Crippen LogP contribution in [0.5, 0.6) is 0 Å². The summed E-state index contributed by atoms with van der Waals surface area (Å²) in [5.41, 5.74) is 0.338. The number of carbonyl (C=O) groups is 1. The summed E-state index contributed by atoms with van der Waals surface area (Å²) in [4.78, 5) is 11.5. The number of amides is 1. The molecule has 0 radical (unpaired) electrons. The van der Waals surface area contributed by atoms with Crippen LogP contribution < -0.4 is 10.6 Å². The lowest BCUT2D eigenvalue weighted by Crippen LogP contribution is -2.28. The second-order valence-corrected chi connectivity index (χ2v) is 4.35. The van der Waals surface area contributed by atoms with Crippen LogP contribution in [0.15, 0.2) is 12.1 Å². The van der Waals surface area contributed by atoms with Crippen LogP contribution >= 0.6 is 34.8 Å². The van der Waals surface area contributed by atoms with Gasteiger partial charge in [-0.05, 0) is 12.1 Å². The van der Waals surface area contributed by atoms with Gasteiger partial charge in [0.15, 0.2) is 0 Å². The summed E-state index contributed by atoms with van der Waals surface area (Å²) in [7, 11) is 0. The van der Waals surface area contributed by atoms with Crippen molar-refractivity contribution in [2.45, 2.75) is 0 Å². The van der Waals surface area contributed by atoms with Gasteiger partial charge in [-0.25, -0.2) is 0 Å². The van der Waals surface area contributed by atoms with E-state index in [-0.39, 0.29) is 22.5 Å². The zero-order valence-corrected chi connectivity index (χ0v) is 11.0. The van der Waals surface area contributed by atoms with E-state index in [2.05, 4.69) is 16.6 Å². The lowest BCUT2D eigenvalue weighted by Gasteiger charge is -2.09. The molecule has 0 atom stereocenters. The van der Waals surface area contributed by atoms with Crippen LogP contribution in [-0.4, -0.2) is 19.0 Å². The Bertz CT molecular complexity index is 445. The van der Waals surface area contributed by atoms with E-state index in [1.54, 1.807) is 0 Å². The summed E-state index contributed by atoms with van der Waals surface area (Å²) in [5, 5.41) is 6.29. The van der Waals surface area contributed by atoms with E-state index < -0.39 is 0 Å². The molecule has 0 aliphatic carbocycles. The Morgan fingerprint density at radius 2 is 1.88 bits per heavy atom. The lowest BCUT2D eigenvalue weighted by molar-refractivity contribution is -0.115. The molecule has 0 aromatic heterocycles. The molecular weight excluding hydrogens is 282 g/mol. The minimum absolute atomic E-state index is 0.0828. The lowest BCUT2D eigenvalue weighted by atomic mass is 10.3. The Hall–Kier alpha value is -0.920. The number of carbonyl (C=O) groups excluding carboxylic acids is 1. The minimum atomic E-state index is -0.286. The summed E-state index contributed by atoms with van der Waals surface area (Å²) in [6.45, 7) is 0.398. The summed E-state index contributed by atoms with van der Waals surface area (Å²) in [6, 6.07) is 3.00. The molecule has 0 fully saturated rings. The molecule has 0 bridgehead atoms. The Labute approximate surface area is 114 Å². The monoisotopic (exact) mass is 290 g/mol.